The third kappa shape index (κ3) is 2.76. The SMILES string of the molecule is CC1CN(c2cc(Br)c(F)cc2N)CC(CO)O1. The predicted octanol–water partition coefficient (Wildman–Crippen LogP) is 1.76. The number of nitrogens with zero attached hydrogens (tertiary/aromatic N) is 1. The molecule has 1 aromatic carbocycles. The van der Waals surface area contributed by atoms with Crippen molar-refractivity contribution in [1.29, 1.82) is 0 Å². The van der Waals surface area contributed by atoms with Crippen molar-refractivity contribution in [2.75, 3.05) is 30.3 Å². The Balaban J connectivity index is 2.27. The summed E-state index contributed by atoms with van der Waals surface area (Å²) in [6.45, 7) is 3.11. The molecule has 1 heterocycles. The van der Waals surface area contributed by atoms with Crippen molar-refractivity contribution in [2.45, 2.75) is 19.1 Å². The molecular weight excluding hydrogens is 303 g/mol. The smallest absolute Gasteiger partial charge is 0.139 e. The van der Waals surface area contributed by atoms with Crippen LogP contribution in [0.5, 0.6) is 0 Å². The molecule has 1 saturated heterocycles. The Bertz CT molecular complexity index is 444. The van der Waals surface area contributed by atoms with E-state index in [0.717, 1.165) is 5.69 Å². The van der Waals surface area contributed by atoms with E-state index < -0.39 is 0 Å². The highest BCUT2D eigenvalue weighted by Crippen LogP contribution is 2.31. The van der Waals surface area contributed by atoms with Gasteiger partial charge < -0.3 is 20.5 Å². The van der Waals surface area contributed by atoms with Gasteiger partial charge in [-0.2, -0.15) is 0 Å². The van der Waals surface area contributed by atoms with Gasteiger partial charge in [-0.1, -0.05) is 0 Å². The van der Waals surface area contributed by atoms with E-state index in [0.29, 0.717) is 23.2 Å². The monoisotopic (exact) mass is 318 g/mol. The van der Waals surface area contributed by atoms with Crippen LogP contribution in [0, 0.1) is 5.82 Å². The summed E-state index contributed by atoms with van der Waals surface area (Å²) in [6.07, 6.45) is -0.240. The second-order valence-electron chi connectivity index (χ2n) is 4.48. The molecule has 1 fully saturated rings. The first kappa shape index (κ1) is 13.6. The number of morpholine rings is 1. The third-order valence-corrected chi connectivity index (χ3v) is 3.55. The average molecular weight is 319 g/mol. The minimum absolute atomic E-state index is 0.000807. The van der Waals surface area contributed by atoms with E-state index in [9.17, 15) is 9.50 Å². The highest BCUT2D eigenvalue weighted by atomic mass is 79.9. The van der Waals surface area contributed by atoms with Gasteiger partial charge in [-0.3, -0.25) is 0 Å². The number of nitrogens with two attached hydrogens (primary N) is 1. The molecule has 18 heavy (non-hydrogen) atoms. The van der Waals surface area contributed by atoms with Crippen molar-refractivity contribution < 1.29 is 14.2 Å². The summed E-state index contributed by atoms with van der Waals surface area (Å²) in [6, 6.07) is 2.96. The summed E-state index contributed by atoms with van der Waals surface area (Å²) in [5.74, 6) is -0.378. The molecule has 2 rings (SSSR count). The largest absolute Gasteiger partial charge is 0.397 e. The van der Waals surface area contributed by atoms with E-state index in [2.05, 4.69) is 15.9 Å². The van der Waals surface area contributed by atoms with Crippen LogP contribution in [-0.4, -0.2) is 37.0 Å². The summed E-state index contributed by atoms with van der Waals surface area (Å²) in [7, 11) is 0. The van der Waals surface area contributed by atoms with Crippen LogP contribution >= 0.6 is 15.9 Å². The van der Waals surface area contributed by atoms with Gasteiger partial charge in [-0.15, -0.1) is 0 Å². The Morgan fingerprint density at radius 3 is 2.94 bits per heavy atom. The van der Waals surface area contributed by atoms with Gasteiger partial charge >= 0.3 is 0 Å². The predicted molar refractivity (Wildman–Crippen MR) is 72.1 cm³/mol. The standard InChI is InChI=1S/C12H16BrFN2O2/c1-7-4-16(5-8(6-17)18-7)12-2-9(13)10(14)3-11(12)15/h2-3,7-8,17H,4-6,15H2,1H3. The molecule has 1 aliphatic rings. The van der Waals surface area contributed by atoms with Crippen molar-refractivity contribution >= 4 is 27.3 Å². The maximum atomic E-state index is 13.3. The van der Waals surface area contributed by atoms with Crippen LogP contribution in [0.4, 0.5) is 15.8 Å². The Morgan fingerprint density at radius 2 is 2.28 bits per heavy atom. The van der Waals surface area contributed by atoms with Crippen LogP contribution in [0.3, 0.4) is 0 Å². The van der Waals surface area contributed by atoms with Gasteiger partial charge in [0.1, 0.15) is 5.82 Å². The van der Waals surface area contributed by atoms with Crippen LogP contribution < -0.4 is 10.6 Å². The fraction of sp³-hybridized carbons (Fsp3) is 0.500. The van der Waals surface area contributed by atoms with Gasteiger partial charge in [-0.05, 0) is 28.9 Å². The molecule has 4 nitrogen and oxygen atoms in total. The van der Waals surface area contributed by atoms with E-state index in [4.69, 9.17) is 10.5 Å². The summed E-state index contributed by atoms with van der Waals surface area (Å²) >= 11 is 3.16. The minimum Gasteiger partial charge on any atom is -0.397 e. The van der Waals surface area contributed by atoms with Gasteiger partial charge in [0.15, 0.2) is 0 Å². The molecule has 6 heteroatoms. The Labute approximate surface area is 114 Å². The fourth-order valence-electron chi connectivity index (χ4n) is 2.17. The first-order valence-corrected chi connectivity index (χ1v) is 6.56. The molecule has 0 spiro atoms. The first-order chi connectivity index (χ1) is 8.51. The molecule has 1 aliphatic heterocycles. The molecular formula is C12H16BrFN2O2. The topological polar surface area (TPSA) is 58.7 Å². The number of aliphatic hydroxyl groups is 1. The zero-order valence-corrected chi connectivity index (χ0v) is 11.7. The van der Waals surface area contributed by atoms with E-state index in [1.165, 1.54) is 6.07 Å². The summed E-state index contributed by atoms with van der Waals surface area (Å²) in [5, 5.41) is 9.19. The molecule has 0 saturated carbocycles. The lowest BCUT2D eigenvalue weighted by molar-refractivity contribution is -0.0420. The van der Waals surface area contributed by atoms with Crippen molar-refractivity contribution in [1.82, 2.24) is 0 Å². The lowest BCUT2D eigenvalue weighted by Gasteiger charge is -2.38. The molecule has 0 aliphatic carbocycles. The lowest BCUT2D eigenvalue weighted by Crippen LogP contribution is -2.48. The normalized spacial score (nSPS) is 24.3. The number of rotatable bonds is 2. The average Bonchev–Trinajstić information content (AvgIpc) is 2.33. The molecule has 2 atom stereocenters. The number of benzene rings is 1. The molecule has 0 radical (unpaired) electrons. The van der Waals surface area contributed by atoms with Gasteiger partial charge in [0.05, 0.1) is 34.7 Å². The Hall–Kier alpha value is -0.850. The maximum absolute atomic E-state index is 13.3. The molecule has 3 N–H and O–H groups in total. The van der Waals surface area contributed by atoms with E-state index in [1.54, 1.807) is 6.07 Å². The second-order valence-corrected chi connectivity index (χ2v) is 5.34. The van der Waals surface area contributed by atoms with Crippen molar-refractivity contribution in [2.24, 2.45) is 0 Å². The molecule has 0 bridgehead atoms. The van der Waals surface area contributed by atoms with Gasteiger partial charge in [0, 0.05) is 19.2 Å². The maximum Gasteiger partial charge on any atom is 0.139 e. The van der Waals surface area contributed by atoms with Crippen molar-refractivity contribution in [3.8, 4) is 0 Å². The van der Waals surface area contributed by atoms with Crippen LogP contribution in [0.25, 0.3) is 0 Å². The van der Waals surface area contributed by atoms with Crippen molar-refractivity contribution in [3.05, 3.63) is 22.4 Å². The number of halogens is 2. The number of nitrogen functional groups attached to an aromatic ring is 1. The van der Waals surface area contributed by atoms with Crippen LogP contribution in [0.1, 0.15) is 6.92 Å². The minimum atomic E-state index is -0.378. The van der Waals surface area contributed by atoms with E-state index >= 15 is 0 Å². The summed E-state index contributed by atoms with van der Waals surface area (Å²) < 4.78 is 19.3. The second kappa shape index (κ2) is 5.42. The highest BCUT2D eigenvalue weighted by Gasteiger charge is 2.26. The number of anilines is 2. The molecule has 1 aromatic rings. The van der Waals surface area contributed by atoms with E-state index in [-0.39, 0.29) is 24.6 Å². The van der Waals surface area contributed by atoms with Crippen molar-refractivity contribution in [3.63, 3.8) is 0 Å². The third-order valence-electron chi connectivity index (χ3n) is 2.94. The first-order valence-electron chi connectivity index (χ1n) is 5.77. The molecule has 100 valence electrons. The molecule has 0 amide bonds. The number of aliphatic hydroxyl groups excluding tert-OH is 1. The lowest BCUT2D eigenvalue weighted by atomic mass is 10.1. The van der Waals surface area contributed by atoms with Gasteiger partial charge in [0.25, 0.3) is 0 Å². The number of ether oxygens (including phenoxy) is 1. The Kier molecular flexibility index (Phi) is 4.09. The quantitative estimate of drug-likeness (QED) is 0.816. The van der Waals surface area contributed by atoms with E-state index in [1.807, 2.05) is 11.8 Å². The summed E-state index contributed by atoms with van der Waals surface area (Å²) in [5.41, 5.74) is 7.00. The molecule has 0 aromatic heterocycles. The van der Waals surface area contributed by atoms with Crippen LogP contribution in [0.2, 0.25) is 0 Å². The Morgan fingerprint density at radius 1 is 1.56 bits per heavy atom. The zero-order chi connectivity index (χ0) is 13.3. The molecule has 2 unspecified atom stereocenters. The van der Waals surface area contributed by atoms with Crippen LogP contribution in [0.15, 0.2) is 16.6 Å². The highest BCUT2D eigenvalue weighted by molar-refractivity contribution is 9.10. The zero-order valence-electron chi connectivity index (χ0n) is 10.1. The number of hydrogen-bond acceptors (Lipinski definition) is 4. The van der Waals surface area contributed by atoms with Gasteiger partial charge in [0.2, 0.25) is 0 Å². The fourth-order valence-corrected chi connectivity index (χ4v) is 2.50. The van der Waals surface area contributed by atoms with Crippen LogP contribution in [-0.2, 0) is 4.74 Å². The van der Waals surface area contributed by atoms with Gasteiger partial charge in [-0.25, -0.2) is 4.39 Å². The number of hydrogen-bond donors (Lipinski definition) is 2. The summed E-state index contributed by atoms with van der Waals surface area (Å²) in [4.78, 5) is 2.01.